The number of carbonyl (C=O) groups excluding carboxylic acids is 1. The second kappa shape index (κ2) is 12.6. The molecule has 193 valence electrons. The van der Waals surface area contributed by atoms with Gasteiger partial charge in [-0.3, -0.25) is 14.2 Å². The summed E-state index contributed by atoms with van der Waals surface area (Å²) >= 11 is 0. The number of nitrogen functional groups attached to an aromatic ring is 1. The number of likely N-dealkylation sites (N-methyl/N-ethyl adjacent to an activating group) is 1. The molecule has 1 saturated heterocycles. The Labute approximate surface area is 234 Å². The number of nitrogens with one attached hydrogen (secondary N) is 2. The maximum absolute atomic E-state index is 12.2. The fourth-order valence-electron chi connectivity index (χ4n) is 4.03. The molecular formula is C23H29N7NaO6. The number of carbonyl (C=O) groups is 2. The zero-order valence-corrected chi connectivity index (χ0v) is 22.7. The van der Waals surface area contributed by atoms with E-state index in [1.54, 1.807) is 6.92 Å². The zero-order chi connectivity index (χ0) is 25.8. The Balaban J connectivity index is 0.00000380. The van der Waals surface area contributed by atoms with Crippen molar-refractivity contribution in [3.63, 3.8) is 0 Å². The van der Waals surface area contributed by atoms with E-state index in [2.05, 4.69) is 25.6 Å². The largest absolute Gasteiger partial charge is 0.481 e. The number of carboxylic acids is 1. The van der Waals surface area contributed by atoms with E-state index < -0.39 is 36.4 Å². The molecule has 7 N–H and O–H groups in total. The van der Waals surface area contributed by atoms with Gasteiger partial charge in [-0.05, 0) is 30.9 Å². The summed E-state index contributed by atoms with van der Waals surface area (Å²) in [6.45, 7) is 2.59. The number of nitrogens with two attached hydrogens (primary N) is 1. The van der Waals surface area contributed by atoms with Gasteiger partial charge in [-0.2, -0.15) is 9.97 Å². The number of hydrogen-bond donors (Lipinski definition) is 6. The van der Waals surface area contributed by atoms with E-state index in [0.717, 1.165) is 11.1 Å². The van der Waals surface area contributed by atoms with Gasteiger partial charge in [0, 0.05) is 49.1 Å². The first-order valence-electron chi connectivity index (χ1n) is 11.6. The predicted molar refractivity (Wildman–Crippen MR) is 135 cm³/mol. The molecule has 0 unspecified atom stereocenters. The maximum Gasteiger partial charge on any atom is 0.303 e. The van der Waals surface area contributed by atoms with Gasteiger partial charge in [0.05, 0.1) is 6.33 Å². The van der Waals surface area contributed by atoms with Gasteiger partial charge in [0.25, 0.3) is 5.91 Å². The van der Waals surface area contributed by atoms with Gasteiger partial charge in [-0.1, -0.05) is 24.3 Å². The fraction of sp³-hybridized carbons (Fsp3) is 0.435. The van der Waals surface area contributed by atoms with Crippen molar-refractivity contribution < 1.29 is 29.6 Å². The third kappa shape index (κ3) is 6.55. The number of aliphatic hydroxyl groups is 2. The molecule has 4 rings (SSSR count). The molecule has 0 spiro atoms. The Kier molecular flexibility index (Phi) is 9.81. The predicted octanol–water partition coefficient (Wildman–Crippen LogP) is -0.545. The number of nitrogens with zero attached hydrogens (tertiary/aromatic N) is 4. The number of ether oxygens (including phenoxy) is 1. The van der Waals surface area contributed by atoms with Crippen molar-refractivity contribution in [2.24, 2.45) is 0 Å². The molecule has 1 amide bonds. The van der Waals surface area contributed by atoms with Crippen molar-refractivity contribution in [2.45, 2.75) is 50.7 Å². The SMILES string of the molecule is CCNC(=O)[C@H]1O[C@@H](n2cnc3c(N)nc(NCCc4ccc(CCC(=O)O)cc4)nc32)[C@H](O)[C@@H]1O.[Na]. The van der Waals surface area contributed by atoms with Crippen molar-refractivity contribution in [3.05, 3.63) is 41.7 Å². The van der Waals surface area contributed by atoms with Crippen LogP contribution in [-0.4, -0.2) is 108 Å². The average Bonchev–Trinajstić information content (AvgIpc) is 3.40. The summed E-state index contributed by atoms with van der Waals surface area (Å²) in [6, 6.07) is 7.71. The molecule has 0 saturated carbocycles. The van der Waals surface area contributed by atoms with Crippen LogP contribution in [0.4, 0.5) is 11.8 Å². The number of anilines is 2. The minimum absolute atomic E-state index is 0. The Morgan fingerprint density at radius 1 is 1.11 bits per heavy atom. The number of aliphatic hydroxyl groups excluding tert-OH is 2. The quantitative estimate of drug-likeness (QED) is 0.187. The summed E-state index contributed by atoms with van der Waals surface area (Å²) in [7, 11) is 0. The van der Waals surface area contributed by atoms with Gasteiger partial charge < -0.3 is 36.4 Å². The standard InChI is InChI=1S/C23H29N7O6.Na/c1-2-25-21(35)18-16(33)17(34)22(36-18)30-11-27-15-19(24)28-23(29-20(15)30)26-10-9-13-5-3-12(4-6-13)7-8-14(31)32;/h3-6,11,16-18,22,33-34H,2,7-10H2,1H3,(H,25,35)(H,31,32)(H3,24,26,28,29);/t16-,17+,18-,22+;/m0./s1. The molecule has 2 aromatic heterocycles. The van der Waals surface area contributed by atoms with E-state index in [-0.39, 0.29) is 53.4 Å². The number of imidazole rings is 1. The summed E-state index contributed by atoms with van der Waals surface area (Å²) in [5, 5.41) is 35.4. The first-order valence-corrected chi connectivity index (χ1v) is 11.6. The van der Waals surface area contributed by atoms with Crippen LogP contribution in [0.3, 0.4) is 0 Å². The van der Waals surface area contributed by atoms with Crippen LogP contribution in [0.2, 0.25) is 0 Å². The number of rotatable bonds is 10. The van der Waals surface area contributed by atoms with Gasteiger partial charge >= 0.3 is 5.97 Å². The molecule has 3 heterocycles. The smallest absolute Gasteiger partial charge is 0.303 e. The summed E-state index contributed by atoms with van der Waals surface area (Å²) in [6.07, 6.45) is -2.56. The molecule has 14 heteroatoms. The van der Waals surface area contributed by atoms with Gasteiger partial charge in [0.2, 0.25) is 5.95 Å². The van der Waals surface area contributed by atoms with Crippen LogP contribution in [0.25, 0.3) is 11.2 Å². The number of aliphatic carboxylic acids is 1. The molecule has 0 bridgehead atoms. The minimum Gasteiger partial charge on any atom is -0.481 e. The average molecular weight is 523 g/mol. The van der Waals surface area contributed by atoms with Crippen molar-refractivity contribution in [2.75, 3.05) is 24.1 Å². The van der Waals surface area contributed by atoms with Crippen LogP contribution in [0.15, 0.2) is 30.6 Å². The van der Waals surface area contributed by atoms with Gasteiger partial charge in [-0.25, -0.2) is 4.98 Å². The molecule has 0 aliphatic carbocycles. The minimum atomic E-state index is -1.42. The van der Waals surface area contributed by atoms with Crippen LogP contribution >= 0.6 is 0 Å². The molecule has 1 aliphatic rings. The van der Waals surface area contributed by atoms with Crippen molar-refractivity contribution in [1.29, 1.82) is 0 Å². The van der Waals surface area contributed by atoms with Crippen LogP contribution in [0.1, 0.15) is 30.7 Å². The van der Waals surface area contributed by atoms with Crippen molar-refractivity contribution >= 4 is 64.4 Å². The summed E-state index contributed by atoms with van der Waals surface area (Å²) in [4.78, 5) is 35.8. The number of benzene rings is 1. The third-order valence-electron chi connectivity index (χ3n) is 5.92. The Morgan fingerprint density at radius 2 is 1.78 bits per heavy atom. The molecule has 3 aromatic rings. The third-order valence-corrected chi connectivity index (χ3v) is 5.92. The van der Waals surface area contributed by atoms with E-state index in [0.29, 0.717) is 31.4 Å². The van der Waals surface area contributed by atoms with Gasteiger partial charge in [-0.15, -0.1) is 0 Å². The van der Waals surface area contributed by atoms with Crippen LogP contribution < -0.4 is 16.4 Å². The molecule has 1 aromatic carbocycles. The molecule has 1 aliphatic heterocycles. The maximum atomic E-state index is 12.2. The number of aromatic nitrogens is 4. The van der Waals surface area contributed by atoms with Crippen LogP contribution in [0.5, 0.6) is 0 Å². The molecule has 4 atom stereocenters. The fourth-order valence-corrected chi connectivity index (χ4v) is 4.03. The number of carboxylic acid groups (broad SMARTS) is 1. The first kappa shape index (κ1) is 28.8. The second-order valence-electron chi connectivity index (χ2n) is 8.47. The van der Waals surface area contributed by atoms with Gasteiger partial charge in [0.1, 0.15) is 17.7 Å². The Bertz CT molecular complexity index is 1240. The zero-order valence-electron chi connectivity index (χ0n) is 20.7. The van der Waals surface area contributed by atoms with E-state index >= 15 is 0 Å². The summed E-state index contributed by atoms with van der Waals surface area (Å²) in [5.41, 5.74) is 8.65. The molecule has 37 heavy (non-hydrogen) atoms. The Morgan fingerprint density at radius 3 is 2.43 bits per heavy atom. The molecule has 1 fully saturated rings. The van der Waals surface area contributed by atoms with Crippen LogP contribution in [0, 0.1) is 0 Å². The monoisotopic (exact) mass is 522 g/mol. The number of hydrogen-bond acceptors (Lipinski definition) is 10. The summed E-state index contributed by atoms with van der Waals surface area (Å²) < 4.78 is 7.09. The molecular weight excluding hydrogens is 493 g/mol. The van der Waals surface area contributed by atoms with E-state index in [4.69, 9.17) is 15.6 Å². The van der Waals surface area contributed by atoms with E-state index in [1.165, 1.54) is 10.9 Å². The van der Waals surface area contributed by atoms with E-state index in [1.807, 2.05) is 24.3 Å². The van der Waals surface area contributed by atoms with Crippen LogP contribution in [-0.2, 0) is 27.2 Å². The van der Waals surface area contributed by atoms with Gasteiger partial charge in [0.15, 0.2) is 23.8 Å². The van der Waals surface area contributed by atoms with Crippen molar-refractivity contribution in [1.82, 2.24) is 24.8 Å². The topological polar surface area (TPSA) is 198 Å². The molecule has 1 radical (unpaired) electrons. The molecule has 13 nitrogen and oxygen atoms in total. The van der Waals surface area contributed by atoms with E-state index in [9.17, 15) is 19.8 Å². The van der Waals surface area contributed by atoms with Crippen molar-refractivity contribution in [3.8, 4) is 0 Å². The number of amides is 1. The number of aryl methyl sites for hydroxylation is 1. The normalized spacial score (nSPS) is 20.9. The number of fused-ring (bicyclic) bond motifs is 1. The summed E-state index contributed by atoms with van der Waals surface area (Å²) in [5.74, 6) is -0.985. The second-order valence-corrected chi connectivity index (χ2v) is 8.47. The Hall–Kier alpha value is -2.81. The first-order chi connectivity index (χ1) is 17.3.